The molecule has 0 unspecified atom stereocenters. The van der Waals surface area contributed by atoms with E-state index < -0.39 is 12.2 Å². The van der Waals surface area contributed by atoms with E-state index in [9.17, 15) is 9.59 Å². The number of nitrogens with zero attached hydrogens (tertiary/aromatic N) is 3. The number of amides is 1. The Labute approximate surface area is 224 Å². The molecule has 5 rings (SSSR count). The Morgan fingerprint density at radius 3 is 2.42 bits per heavy atom. The number of esters is 1. The van der Waals surface area contributed by atoms with Gasteiger partial charge in [0.15, 0.2) is 5.75 Å². The van der Waals surface area contributed by atoms with Gasteiger partial charge < -0.3 is 9.47 Å². The molecule has 7 nitrogen and oxygen atoms in total. The smallest absolute Gasteiger partial charge is 0.308 e. The minimum Gasteiger partial charge on any atom is -0.446 e. The van der Waals surface area contributed by atoms with Gasteiger partial charge in [-0.2, -0.15) is 5.01 Å². The maximum atomic E-state index is 12.7. The Hall–Kier alpha value is -3.56. The van der Waals surface area contributed by atoms with Gasteiger partial charge in [0.05, 0.1) is 21.2 Å². The third-order valence-electron chi connectivity index (χ3n) is 5.53. The number of carbonyl (C=O) groups is 2. The second kappa shape index (κ2) is 9.83. The number of carbonyl (C=O) groups excluding carboxylic acids is 2. The van der Waals surface area contributed by atoms with Gasteiger partial charge in [0.2, 0.25) is 18.0 Å². The highest BCUT2D eigenvalue weighted by Gasteiger charge is 2.36. The maximum absolute atomic E-state index is 12.7. The zero-order valence-electron chi connectivity index (χ0n) is 19.2. The van der Waals surface area contributed by atoms with Crippen LogP contribution in [0, 0.1) is 0 Å². The van der Waals surface area contributed by atoms with Gasteiger partial charge in [0.1, 0.15) is 0 Å². The molecule has 36 heavy (non-hydrogen) atoms. The summed E-state index contributed by atoms with van der Waals surface area (Å²) < 4.78 is 13.0. The molecular formula is C27H19Br2N3O4. The van der Waals surface area contributed by atoms with E-state index in [1.54, 1.807) is 12.1 Å². The summed E-state index contributed by atoms with van der Waals surface area (Å²) >= 11 is 6.90. The molecule has 4 aromatic rings. The molecule has 0 bridgehead atoms. The van der Waals surface area contributed by atoms with Gasteiger partial charge in [-0.25, -0.2) is 4.98 Å². The van der Waals surface area contributed by atoms with Crippen molar-refractivity contribution in [3.63, 3.8) is 0 Å². The number of hydrogen-bond donors (Lipinski definition) is 0. The number of pyridine rings is 1. The van der Waals surface area contributed by atoms with Crippen LogP contribution < -0.4 is 4.74 Å². The first-order valence-corrected chi connectivity index (χ1v) is 12.6. The SMILES string of the molecule is CC(=O)Oc1c(Br)cc(Br)cc1C1=NN(C(C)=O)[C@H](c2cc(-c3ccccc3)nc3ccccc23)O1. The molecule has 0 fully saturated rings. The topological polar surface area (TPSA) is 81.1 Å². The first-order chi connectivity index (χ1) is 17.3. The van der Waals surface area contributed by atoms with E-state index in [1.165, 1.54) is 18.9 Å². The predicted octanol–water partition coefficient (Wildman–Crippen LogP) is 6.59. The van der Waals surface area contributed by atoms with Crippen molar-refractivity contribution in [1.82, 2.24) is 9.99 Å². The van der Waals surface area contributed by atoms with E-state index in [1.807, 2.05) is 60.7 Å². The summed E-state index contributed by atoms with van der Waals surface area (Å²) in [7, 11) is 0. The van der Waals surface area contributed by atoms with Gasteiger partial charge in [0, 0.05) is 34.8 Å². The number of benzene rings is 3. The van der Waals surface area contributed by atoms with Crippen molar-refractivity contribution in [3.05, 3.63) is 92.9 Å². The van der Waals surface area contributed by atoms with Gasteiger partial charge in [-0.3, -0.25) is 9.59 Å². The summed E-state index contributed by atoms with van der Waals surface area (Å²) in [5, 5.41) is 6.62. The molecule has 3 aromatic carbocycles. The fraction of sp³-hybridized carbons (Fsp3) is 0.111. The molecule has 0 spiro atoms. The van der Waals surface area contributed by atoms with E-state index >= 15 is 0 Å². The molecule has 0 saturated heterocycles. The van der Waals surface area contributed by atoms with Gasteiger partial charge >= 0.3 is 5.97 Å². The molecule has 1 amide bonds. The number of hydrazone groups is 1. The third kappa shape index (κ3) is 4.64. The zero-order valence-corrected chi connectivity index (χ0v) is 22.4. The molecule has 180 valence electrons. The van der Waals surface area contributed by atoms with E-state index in [4.69, 9.17) is 14.5 Å². The van der Waals surface area contributed by atoms with E-state index in [2.05, 4.69) is 37.0 Å². The second-order valence-corrected chi connectivity index (χ2v) is 9.85. The number of hydrogen-bond acceptors (Lipinski definition) is 6. The van der Waals surface area contributed by atoms with Crippen molar-refractivity contribution in [2.75, 3.05) is 0 Å². The van der Waals surface area contributed by atoms with Crippen LogP contribution in [0.1, 0.15) is 31.2 Å². The third-order valence-corrected chi connectivity index (χ3v) is 6.58. The minimum absolute atomic E-state index is 0.149. The summed E-state index contributed by atoms with van der Waals surface area (Å²) in [6.07, 6.45) is -0.851. The van der Waals surface area contributed by atoms with Crippen LogP contribution in [-0.4, -0.2) is 27.8 Å². The maximum Gasteiger partial charge on any atom is 0.308 e. The first-order valence-electron chi connectivity index (χ1n) is 11.0. The number of halogens is 2. The van der Waals surface area contributed by atoms with Gasteiger partial charge in [-0.15, -0.1) is 5.10 Å². The fourth-order valence-electron chi connectivity index (χ4n) is 4.01. The van der Waals surface area contributed by atoms with Crippen molar-refractivity contribution < 1.29 is 19.1 Å². The highest BCUT2D eigenvalue weighted by Crippen LogP contribution is 2.40. The molecule has 1 aliphatic rings. The van der Waals surface area contributed by atoms with E-state index in [0.29, 0.717) is 14.5 Å². The lowest BCUT2D eigenvalue weighted by molar-refractivity contribution is -0.135. The van der Waals surface area contributed by atoms with Crippen molar-refractivity contribution in [2.45, 2.75) is 20.1 Å². The van der Waals surface area contributed by atoms with Gasteiger partial charge in [0.25, 0.3) is 0 Å². The number of rotatable bonds is 4. The second-order valence-electron chi connectivity index (χ2n) is 8.08. The van der Waals surface area contributed by atoms with Crippen LogP contribution in [0.2, 0.25) is 0 Å². The number of aromatic nitrogens is 1. The van der Waals surface area contributed by atoms with E-state index in [0.717, 1.165) is 27.7 Å². The van der Waals surface area contributed by atoms with Crippen molar-refractivity contribution >= 4 is 60.5 Å². The first kappa shape index (κ1) is 24.1. The highest BCUT2D eigenvalue weighted by atomic mass is 79.9. The van der Waals surface area contributed by atoms with Crippen LogP contribution >= 0.6 is 31.9 Å². The van der Waals surface area contributed by atoms with Crippen LogP contribution in [0.25, 0.3) is 22.2 Å². The van der Waals surface area contributed by atoms with Crippen LogP contribution in [0.15, 0.2) is 86.8 Å². The Morgan fingerprint density at radius 2 is 1.69 bits per heavy atom. The molecule has 1 atom stereocenters. The summed E-state index contributed by atoms with van der Waals surface area (Å²) in [6.45, 7) is 2.74. The Morgan fingerprint density at radius 1 is 0.972 bits per heavy atom. The number of para-hydroxylation sites is 1. The van der Waals surface area contributed by atoms with E-state index in [-0.39, 0.29) is 17.6 Å². The lowest BCUT2D eigenvalue weighted by Gasteiger charge is -2.21. The molecule has 9 heteroatoms. The van der Waals surface area contributed by atoms with Crippen molar-refractivity contribution in [3.8, 4) is 17.0 Å². The van der Waals surface area contributed by atoms with Gasteiger partial charge in [-0.1, -0.05) is 64.5 Å². The average molecular weight is 609 g/mol. The minimum atomic E-state index is -0.851. The summed E-state index contributed by atoms with van der Waals surface area (Å²) in [4.78, 5) is 29.3. The molecular weight excluding hydrogens is 590 g/mol. The van der Waals surface area contributed by atoms with Crippen molar-refractivity contribution in [1.29, 1.82) is 0 Å². The normalized spacial score (nSPS) is 14.9. The molecule has 2 heterocycles. The van der Waals surface area contributed by atoms with Crippen LogP contribution in [0.3, 0.4) is 0 Å². The quantitative estimate of drug-likeness (QED) is 0.193. The largest absolute Gasteiger partial charge is 0.446 e. The standard InChI is InChI=1S/C27H19Br2N3O4/c1-15(33)32-27(36-26(31-32)21-12-18(28)13-22(29)25(21)35-16(2)34)20-14-24(17-8-4-3-5-9-17)30-23-11-7-6-10-19(20)23/h3-14,27H,1-2H3/t27-/m0/s1. The zero-order chi connectivity index (χ0) is 25.4. The Kier molecular flexibility index (Phi) is 6.59. The fourth-order valence-corrected chi connectivity index (χ4v) is 5.31. The average Bonchev–Trinajstić information content (AvgIpc) is 3.31. The molecule has 1 aromatic heterocycles. The predicted molar refractivity (Wildman–Crippen MR) is 143 cm³/mol. The summed E-state index contributed by atoms with van der Waals surface area (Å²) in [6, 6.07) is 22.9. The lowest BCUT2D eigenvalue weighted by atomic mass is 10.0. The van der Waals surface area contributed by atoms with Gasteiger partial charge in [-0.05, 0) is 40.2 Å². The molecule has 0 saturated carbocycles. The Balaban J connectivity index is 1.66. The highest BCUT2D eigenvalue weighted by molar-refractivity contribution is 9.11. The van der Waals surface area contributed by atoms with Crippen LogP contribution in [0.4, 0.5) is 0 Å². The molecule has 1 aliphatic heterocycles. The van der Waals surface area contributed by atoms with Crippen molar-refractivity contribution in [2.24, 2.45) is 5.10 Å². The summed E-state index contributed by atoms with van der Waals surface area (Å²) in [5.41, 5.74) is 3.60. The molecule has 0 N–H and O–H groups in total. The number of fused-ring (bicyclic) bond motifs is 1. The number of ether oxygens (including phenoxy) is 2. The molecule has 0 aliphatic carbocycles. The Bertz CT molecular complexity index is 1540. The summed E-state index contributed by atoms with van der Waals surface area (Å²) in [5.74, 6) is -0.403. The lowest BCUT2D eigenvalue weighted by Crippen LogP contribution is -2.25. The van der Waals surface area contributed by atoms with Crippen LogP contribution in [-0.2, 0) is 14.3 Å². The molecule has 0 radical (unpaired) electrons. The van der Waals surface area contributed by atoms with Crippen LogP contribution in [0.5, 0.6) is 5.75 Å². The monoisotopic (exact) mass is 607 g/mol.